The maximum Gasteiger partial charge on any atom is 0.191 e. The quantitative estimate of drug-likeness (QED) is 0.177. The molecule has 0 saturated heterocycles. The van der Waals surface area contributed by atoms with Gasteiger partial charge in [0.1, 0.15) is 0 Å². The fraction of sp³-hybridized carbons (Fsp3) is 0.941. The number of halogens is 1. The normalized spacial score (nSPS) is 12.9. The Hall–Kier alpha value is -0.0800. The number of aliphatic imine (C=N–C) groups is 1. The van der Waals surface area contributed by atoms with Crippen molar-refractivity contribution in [1.82, 2.24) is 10.6 Å². The number of hydrogen-bond donors (Lipinski definition) is 3. The second-order valence-electron chi connectivity index (χ2n) is 6.06. The van der Waals surface area contributed by atoms with Gasteiger partial charge in [0, 0.05) is 39.5 Å². The summed E-state index contributed by atoms with van der Waals surface area (Å²) < 4.78 is 5.33. The van der Waals surface area contributed by atoms with Crippen LogP contribution in [-0.4, -0.2) is 50.5 Å². The Bertz CT molecular complexity index is 277. The number of hydrogen-bond acceptors (Lipinski definition) is 3. The average molecular weight is 443 g/mol. The molecule has 0 aliphatic carbocycles. The predicted molar refractivity (Wildman–Crippen MR) is 110 cm³/mol. The third-order valence-electron chi connectivity index (χ3n) is 3.41. The Kier molecular flexibility index (Phi) is 20.0. The van der Waals surface area contributed by atoms with Crippen LogP contribution in [0.2, 0.25) is 0 Å². The molecule has 0 spiro atoms. The monoisotopic (exact) mass is 443 g/mol. The van der Waals surface area contributed by atoms with Crippen molar-refractivity contribution >= 4 is 29.9 Å². The second-order valence-corrected chi connectivity index (χ2v) is 6.06. The lowest BCUT2D eigenvalue weighted by atomic mass is 9.94. The van der Waals surface area contributed by atoms with Crippen LogP contribution in [0.25, 0.3) is 0 Å². The summed E-state index contributed by atoms with van der Waals surface area (Å²) in [7, 11) is 0. The van der Waals surface area contributed by atoms with E-state index in [9.17, 15) is 5.11 Å². The topological polar surface area (TPSA) is 65.9 Å². The number of nitrogens with one attached hydrogen (secondary N) is 2. The molecule has 0 amide bonds. The van der Waals surface area contributed by atoms with Crippen LogP contribution in [-0.2, 0) is 4.74 Å². The fourth-order valence-corrected chi connectivity index (χ4v) is 2.38. The van der Waals surface area contributed by atoms with Crippen LogP contribution in [0.3, 0.4) is 0 Å². The zero-order chi connectivity index (χ0) is 16.6. The molecule has 0 aromatic carbocycles. The predicted octanol–water partition coefficient (Wildman–Crippen LogP) is 3.02. The number of ether oxygens (including phenoxy) is 1. The highest BCUT2D eigenvalue weighted by Gasteiger charge is 2.10. The molecule has 6 heteroatoms. The van der Waals surface area contributed by atoms with E-state index in [-0.39, 0.29) is 30.6 Å². The molecule has 0 aliphatic rings. The van der Waals surface area contributed by atoms with Gasteiger partial charge in [-0.15, -0.1) is 24.0 Å². The smallest absolute Gasteiger partial charge is 0.191 e. The number of aliphatic hydroxyl groups is 1. The standard InChI is InChI=1S/C17H37N3O2.HI/c1-5-18-17(19-10-7-8-12-22-6-2)20-14-16(9-11-21)13-15(3)4;/h15-16,21H,5-14H2,1-4H3,(H2,18,19,20);1H. The maximum absolute atomic E-state index is 9.17. The van der Waals surface area contributed by atoms with Gasteiger partial charge in [-0.05, 0) is 51.4 Å². The second kappa shape index (κ2) is 18.3. The van der Waals surface area contributed by atoms with Crippen molar-refractivity contribution in [3.63, 3.8) is 0 Å². The molecule has 0 aromatic heterocycles. The first-order valence-electron chi connectivity index (χ1n) is 8.84. The fourth-order valence-electron chi connectivity index (χ4n) is 2.38. The minimum Gasteiger partial charge on any atom is -0.396 e. The van der Waals surface area contributed by atoms with Crippen molar-refractivity contribution in [2.45, 2.75) is 53.4 Å². The van der Waals surface area contributed by atoms with E-state index < -0.39 is 0 Å². The van der Waals surface area contributed by atoms with Gasteiger partial charge < -0.3 is 20.5 Å². The lowest BCUT2D eigenvalue weighted by Crippen LogP contribution is -2.38. The highest BCUT2D eigenvalue weighted by atomic mass is 127. The van der Waals surface area contributed by atoms with Gasteiger partial charge in [0.2, 0.25) is 0 Å². The van der Waals surface area contributed by atoms with Gasteiger partial charge in [0.05, 0.1) is 0 Å². The van der Waals surface area contributed by atoms with Gasteiger partial charge >= 0.3 is 0 Å². The Labute approximate surface area is 160 Å². The van der Waals surface area contributed by atoms with E-state index in [2.05, 4.69) is 36.4 Å². The van der Waals surface area contributed by atoms with Crippen molar-refractivity contribution < 1.29 is 9.84 Å². The highest BCUT2D eigenvalue weighted by molar-refractivity contribution is 14.0. The minimum absolute atomic E-state index is 0. The van der Waals surface area contributed by atoms with Crippen molar-refractivity contribution in [1.29, 1.82) is 0 Å². The summed E-state index contributed by atoms with van der Waals surface area (Å²) in [6, 6.07) is 0. The minimum atomic E-state index is 0. The molecule has 23 heavy (non-hydrogen) atoms. The van der Waals surface area contributed by atoms with Crippen LogP contribution in [0.15, 0.2) is 4.99 Å². The Morgan fingerprint density at radius 3 is 2.48 bits per heavy atom. The summed E-state index contributed by atoms with van der Waals surface area (Å²) in [5, 5.41) is 15.8. The summed E-state index contributed by atoms with van der Waals surface area (Å²) in [6.07, 6.45) is 4.09. The Morgan fingerprint density at radius 2 is 1.91 bits per heavy atom. The van der Waals surface area contributed by atoms with E-state index in [4.69, 9.17) is 4.74 Å². The molecule has 140 valence electrons. The van der Waals surface area contributed by atoms with Crippen LogP contribution in [0.4, 0.5) is 0 Å². The summed E-state index contributed by atoms with van der Waals surface area (Å²) in [6.45, 7) is 12.9. The third-order valence-corrected chi connectivity index (χ3v) is 3.41. The van der Waals surface area contributed by atoms with Crippen molar-refractivity contribution in [3.05, 3.63) is 0 Å². The molecule has 5 nitrogen and oxygen atoms in total. The molecule has 0 rings (SSSR count). The number of nitrogens with zero attached hydrogens (tertiary/aromatic N) is 1. The molecule has 1 unspecified atom stereocenters. The molecule has 0 fully saturated rings. The molecular formula is C17H38IN3O2. The number of aliphatic hydroxyl groups excluding tert-OH is 1. The zero-order valence-corrected chi connectivity index (χ0v) is 17.8. The summed E-state index contributed by atoms with van der Waals surface area (Å²) in [5.41, 5.74) is 0. The molecule has 1 atom stereocenters. The highest BCUT2D eigenvalue weighted by Crippen LogP contribution is 2.15. The van der Waals surface area contributed by atoms with Crippen molar-refractivity contribution in [2.24, 2.45) is 16.8 Å². The van der Waals surface area contributed by atoms with Gasteiger partial charge in [-0.3, -0.25) is 4.99 Å². The number of unbranched alkanes of at least 4 members (excludes halogenated alkanes) is 1. The molecule has 0 aromatic rings. The van der Waals surface area contributed by atoms with Gasteiger partial charge in [0.15, 0.2) is 5.96 Å². The largest absolute Gasteiger partial charge is 0.396 e. The van der Waals surface area contributed by atoms with Crippen LogP contribution in [0.1, 0.15) is 53.4 Å². The average Bonchev–Trinajstić information content (AvgIpc) is 2.47. The van der Waals surface area contributed by atoms with E-state index in [1.807, 2.05) is 6.92 Å². The van der Waals surface area contributed by atoms with E-state index in [0.29, 0.717) is 11.8 Å². The number of guanidine groups is 1. The summed E-state index contributed by atoms with van der Waals surface area (Å²) in [4.78, 5) is 4.67. The Balaban J connectivity index is 0. The first-order valence-corrected chi connectivity index (χ1v) is 8.84. The van der Waals surface area contributed by atoms with Crippen LogP contribution in [0, 0.1) is 11.8 Å². The molecule has 3 N–H and O–H groups in total. The van der Waals surface area contributed by atoms with Crippen LogP contribution >= 0.6 is 24.0 Å². The van der Waals surface area contributed by atoms with Gasteiger partial charge in [-0.2, -0.15) is 0 Å². The lowest BCUT2D eigenvalue weighted by Gasteiger charge is -2.17. The number of rotatable bonds is 13. The van der Waals surface area contributed by atoms with E-state index in [1.54, 1.807) is 0 Å². The van der Waals surface area contributed by atoms with Crippen molar-refractivity contribution in [2.75, 3.05) is 39.5 Å². The molecule has 0 saturated carbocycles. The molecule has 0 aliphatic heterocycles. The maximum atomic E-state index is 9.17. The molecule has 0 heterocycles. The van der Waals surface area contributed by atoms with Gasteiger partial charge in [-0.1, -0.05) is 13.8 Å². The summed E-state index contributed by atoms with van der Waals surface area (Å²) in [5.74, 6) is 1.98. The van der Waals surface area contributed by atoms with Crippen LogP contribution in [0.5, 0.6) is 0 Å². The van der Waals surface area contributed by atoms with E-state index in [0.717, 1.165) is 64.5 Å². The SMILES string of the molecule is CCNC(=NCC(CCO)CC(C)C)NCCCCOCC.I. The lowest BCUT2D eigenvalue weighted by molar-refractivity contribution is 0.143. The molecule has 0 bridgehead atoms. The van der Waals surface area contributed by atoms with E-state index in [1.165, 1.54) is 0 Å². The summed E-state index contributed by atoms with van der Waals surface area (Å²) >= 11 is 0. The van der Waals surface area contributed by atoms with Gasteiger partial charge in [-0.25, -0.2) is 0 Å². The van der Waals surface area contributed by atoms with Crippen molar-refractivity contribution in [3.8, 4) is 0 Å². The molecular weight excluding hydrogens is 405 g/mol. The van der Waals surface area contributed by atoms with E-state index >= 15 is 0 Å². The van der Waals surface area contributed by atoms with Crippen LogP contribution < -0.4 is 10.6 Å². The third kappa shape index (κ3) is 16.6. The zero-order valence-electron chi connectivity index (χ0n) is 15.4. The first-order chi connectivity index (χ1) is 10.6. The van der Waals surface area contributed by atoms with Gasteiger partial charge in [0.25, 0.3) is 0 Å². The first kappa shape index (κ1) is 25.2. The Morgan fingerprint density at radius 1 is 1.17 bits per heavy atom. The molecule has 0 radical (unpaired) electrons.